The van der Waals surface area contributed by atoms with Gasteiger partial charge in [0.1, 0.15) is 17.9 Å². The van der Waals surface area contributed by atoms with Crippen LogP contribution >= 0.6 is 23.2 Å². The molecule has 0 fully saturated rings. The van der Waals surface area contributed by atoms with Crippen LogP contribution in [0.3, 0.4) is 0 Å². The normalized spacial score (nSPS) is 10.3. The van der Waals surface area contributed by atoms with Gasteiger partial charge < -0.3 is 10.5 Å². The van der Waals surface area contributed by atoms with Crippen molar-refractivity contribution in [3.05, 3.63) is 34.6 Å². The average molecular weight is 270 g/mol. The first-order chi connectivity index (χ1) is 8.11. The summed E-state index contributed by atoms with van der Waals surface area (Å²) in [7, 11) is 1.53. The van der Waals surface area contributed by atoms with Crippen molar-refractivity contribution in [2.75, 3.05) is 12.8 Å². The summed E-state index contributed by atoms with van der Waals surface area (Å²) >= 11 is 12.2. The van der Waals surface area contributed by atoms with Crippen LogP contribution < -0.4 is 10.5 Å². The second-order valence-electron chi connectivity index (χ2n) is 3.29. The number of nitrogens with two attached hydrogens (primary N) is 1. The standard InChI is InChI=1S/C11H9Cl2N3O/c1-17-10-3-7(12)6(2-8(10)13)9-4-11(14)16-5-15-9/h2-5H,1H3,(H2,14,15,16). The summed E-state index contributed by atoms with van der Waals surface area (Å²) in [4.78, 5) is 7.91. The van der Waals surface area contributed by atoms with E-state index in [9.17, 15) is 0 Å². The van der Waals surface area contributed by atoms with Crippen LogP contribution in [0.25, 0.3) is 11.3 Å². The largest absolute Gasteiger partial charge is 0.495 e. The van der Waals surface area contributed by atoms with E-state index >= 15 is 0 Å². The third-order valence-corrected chi connectivity index (χ3v) is 2.81. The zero-order valence-corrected chi connectivity index (χ0v) is 10.5. The van der Waals surface area contributed by atoms with E-state index in [-0.39, 0.29) is 0 Å². The van der Waals surface area contributed by atoms with E-state index in [4.69, 9.17) is 33.7 Å². The highest BCUT2D eigenvalue weighted by Gasteiger charge is 2.10. The molecule has 88 valence electrons. The summed E-state index contributed by atoms with van der Waals surface area (Å²) in [5.74, 6) is 0.889. The fraction of sp³-hybridized carbons (Fsp3) is 0.0909. The van der Waals surface area contributed by atoms with Gasteiger partial charge in [0.25, 0.3) is 0 Å². The molecule has 0 saturated heterocycles. The van der Waals surface area contributed by atoms with Gasteiger partial charge in [-0.25, -0.2) is 9.97 Å². The minimum Gasteiger partial charge on any atom is -0.495 e. The molecule has 0 saturated carbocycles. The molecule has 0 aliphatic rings. The van der Waals surface area contributed by atoms with Crippen LogP contribution in [0, 0.1) is 0 Å². The van der Waals surface area contributed by atoms with E-state index < -0.39 is 0 Å². The summed E-state index contributed by atoms with van der Waals surface area (Å²) in [5, 5.41) is 0.952. The Morgan fingerprint density at radius 2 is 1.88 bits per heavy atom. The van der Waals surface area contributed by atoms with Crippen molar-refractivity contribution < 1.29 is 4.74 Å². The number of nitrogen functional groups attached to an aromatic ring is 1. The number of nitrogens with zero attached hydrogens (tertiary/aromatic N) is 2. The molecule has 0 spiro atoms. The minimum absolute atomic E-state index is 0.373. The van der Waals surface area contributed by atoms with Gasteiger partial charge in [-0.2, -0.15) is 0 Å². The number of benzene rings is 1. The van der Waals surface area contributed by atoms with Crippen LogP contribution in [-0.4, -0.2) is 17.1 Å². The van der Waals surface area contributed by atoms with Gasteiger partial charge in [-0.15, -0.1) is 0 Å². The molecule has 0 unspecified atom stereocenters. The molecule has 17 heavy (non-hydrogen) atoms. The maximum atomic E-state index is 6.13. The molecular formula is C11H9Cl2N3O. The first kappa shape index (κ1) is 12.0. The Morgan fingerprint density at radius 1 is 1.12 bits per heavy atom. The molecule has 2 aromatic rings. The third kappa shape index (κ3) is 2.43. The van der Waals surface area contributed by atoms with Gasteiger partial charge in [0, 0.05) is 17.7 Å². The quantitative estimate of drug-likeness (QED) is 0.911. The van der Waals surface area contributed by atoms with Crippen molar-refractivity contribution in [1.82, 2.24) is 9.97 Å². The number of hydrogen-bond acceptors (Lipinski definition) is 4. The van der Waals surface area contributed by atoms with E-state index in [1.165, 1.54) is 13.4 Å². The molecule has 1 aromatic carbocycles. The minimum atomic E-state index is 0.373. The average Bonchev–Trinajstić information content (AvgIpc) is 2.31. The van der Waals surface area contributed by atoms with Gasteiger partial charge in [0.15, 0.2) is 0 Å². The van der Waals surface area contributed by atoms with Crippen LogP contribution in [0.4, 0.5) is 5.82 Å². The van der Waals surface area contributed by atoms with Crippen molar-refractivity contribution >= 4 is 29.0 Å². The van der Waals surface area contributed by atoms with Gasteiger partial charge in [-0.1, -0.05) is 23.2 Å². The lowest BCUT2D eigenvalue weighted by molar-refractivity contribution is 0.415. The number of rotatable bonds is 2. The smallest absolute Gasteiger partial charge is 0.138 e. The van der Waals surface area contributed by atoms with Crippen molar-refractivity contribution in [2.45, 2.75) is 0 Å². The molecule has 4 nitrogen and oxygen atoms in total. The van der Waals surface area contributed by atoms with E-state index in [0.29, 0.717) is 32.9 Å². The molecule has 0 amide bonds. The zero-order chi connectivity index (χ0) is 12.4. The number of anilines is 1. The van der Waals surface area contributed by atoms with Gasteiger partial charge in [-0.05, 0) is 6.07 Å². The molecule has 2 rings (SSSR count). The van der Waals surface area contributed by atoms with Crippen LogP contribution in [0.1, 0.15) is 0 Å². The molecular weight excluding hydrogens is 261 g/mol. The fourth-order valence-electron chi connectivity index (χ4n) is 1.40. The summed E-state index contributed by atoms with van der Waals surface area (Å²) in [5.41, 5.74) is 6.89. The van der Waals surface area contributed by atoms with Crippen molar-refractivity contribution in [2.24, 2.45) is 0 Å². The second-order valence-corrected chi connectivity index (χ2v) is 4.11. The highest BCUT2D eigenvalue weighted by Crippen LogP contribution is 2.35. The lowest BCUT2D eigenvalue weighted by Gasteiger charge is -2.08. The second kappa shape index (κ2) is 4.77. The van der Waals surface area contributed by atoms with Gasteiger partial charge >= 0.3 is 0 Å². The van der Waals surface area contributed by atoms with Crippen LogP contribution in [0.2, 0.25) is 10.0 Å². The van der Waals surface area contributed by atoms with Crippen LogP contribution in [0.15, 0.2) is 24.5 Å². The fourth-order valence-corrected chi connectivity index (χ4v) is 1.89. The number of hydrogen-bond donors (Lipinski definition) is 1. The SMILES string of the molecule is COc1cc(Cl)c(-c2cc(N)ncn2)cc1Cl. The highest BCUT2D eigenvalue weighted by molar-refractivity contribution is 6.36. The first-order valence-electron chi connectivity index (χ1n) is 4.72. The van der Waals surface area contributed by atoms with E-state index in [1.807, 2.05) is 0 Å². The molecule has 2 N–H and O–H groups in total. The predicted molar refractivity (Wildman–Crippen MR) is 68.5 cm³/mol. The molecule has 0 aliphatic carbocycles. The van der Waals surface area contributed by atoms with E-state index in [2.05, 4.69) is 9.97 Å². The molecule has 0 bridgehead atoms. The number of methoxy groups -OCH3 is 1. The van der Waals surface area contributed by atoms with Crippen molar-refractivity contribution in [3.8, 4) is 17.0 Å². The van der Waals surface area contributed by atoms with Gasteiger partial charge in [-0.3, -0.25) is 0 Å². The maximum absolute atomic E-state index is 6.13. The van der Waals surface area contributed by atoms with Crippen molar-refractivity contribution in [3.63, 3.8) is 0 Å². The Kier molecular flexibility index (Phi) is 3.36. The summed E-state index contributed by atoms with van der Waals surface area (Å²) in [6.07, 6.45) is 1.37. The van der Waals surface area contributed by atoms with E-state index in [1.54, 1.807) is 18.2 Å². The lowest BCUT2D eigenvalue weighted by Crippen LogP contribution is -1.93. The Hall–Kier alpha value is -1.52. The lowest BCUT2D eigenvalue weighted by atomic mass is 10.1. The Balaban J connectivity index is 2.56. The summed E-state index contributed by atoms with van der Waals surface area (Å²) in [6, 6.07) is 4.95. The Morgan fingerprint density at radius 3 is 2.53 bits per heavy atom. The Bertz CT molecular complexity index is 560. The van der Waals surface area contributed by atoms with Crippen LogP contribution in [-0.2, 0) is 0 Å². The topological polar surface area (TPSA) is 61.0 Å². The molecule has 0 aliphatic heterocycles. The highest BCUT2D eigenvalue weighted by atomic mass is 35.5. The number of ether oxygens (including phenoxy) is 1. The third-order valence-electron chi connectivity index (χ3n) is 2.21. The number of halogens is 2. The molecule has 0 radical (unpaired) electrons. The Labute approximate surface area is 108 Å². The summed E-state index contributed by atoms with van der Waals surface area (Å²) in [6.45, 7) is 0. The zero-order valence-electron chi connectivity index (χ0n) is 8.95. The molecule has 0 atom stereocenters. The van der Waals surface area contributed by atoms with Gasteiger partial charge in [0.2, 0.25) is 0 Å². The maximum Gasteiger partial charge on any atom is 0.138 e. The predicted octanol–water partition coefficient (Wildman–Crippen LogP) is 3.04. The van der Waals surface area contributed by atoms with Gasteiger partial charge in [0.05, 0.1) is 22.8 Å². The molecule has 1 heterocycles. The monoisotopic (exact) mass is 269 g/mol. The summed E-state index contributed by atoms with van der Waals surface area (Å²) < 4.78 is 5.07. The van der Waals surface area contributed by atoms with Crippen molar-refractivity contribution in [1.29, 1.82) is 0 Å². The number of aromatic nitrogens is 2. The van der Waals surface area contributed by atoms with E-state index in [0.717, 1.165) is 0 Å². The van der Waals surface area contributed by atoms with Crippen LogP contribution in [0.5, 0.6) is 5.75 Å². The molecule has 1 aromatic heterocycles. The first-order valence-corrected chi connectivity index (χ1v) is 5.48. The molecule has 6 heteroatoms.